The first kappa shape index (κ1) is 11.0. The van der Waals surface area contributed by atoms with Gasteiger partial charge >= 0.3 is 0 Å². The molecule has 0 aliphatic heterocycles. The van der Waals surface area contributed by atoms with E-state index in [0.717, 1.165) is 5.33 Å². The molecule has 1 aromatic carbocycles. The topological polar surface area (TPSA) is 0 Å². The van der Waals surface area contributed by atoms with E-state index in [0.29, 0.717) is 0 Å². The molecule has 1 heterocycles. The molecule has 0 saturated heterocycles. The Morgan fingerprint density at radius 3 is 2.93 bits per heavy atom. The second kappa shape index (κ2) is 4.56. The molecule has 0 nitrogen and oxygen atoms in total. The van der Waals surface area contributed by atoms with Crippen molar-refractivity contribution in [2.24, 2.45) is 0 Å². The van der Waals surface area contributed by atoms with E-state index in [4.69, 9.17) is 0 Å². The van der Waals surface area contributed by atoms with Gasteiger partial charge in [0, 0.05) is 24.8 Å². The molecule has 0 unspecified atom stereocenters. The van der Waals surface area contributed by atoms with E-state index in [1.165, 1.54) is 25.0 Å². The number of thioether (sulfide) groups is 1. The molecule has 0 aliphatic carbocycles. The number of hydrogen-bond acceptors (Lipinski definition) is 2. The zero-order chi connectivity index (χ0) is 10.1. The molecule has 1 aromatic heterocycles. The minimum absolute atomic E-state index is 0.898. The third-order valence-electron chi connectivity index (χ3n) is 2.07. The first-order valence-electron chi connectivity index (χ1n) is 4.06. The SMILES string of the molecule is CSc1c(Br)c(CBr)cc2sccc12. The van der Waals surface area contributed by atoms with Gasteiger partial charge in [-0.1, -0.05) is 15.9 Å². The van der Waals surface area contributed by atoms with Crippen LogP contribution in [0, 0.1) is 0 Å². The number of thiophene rings is 1. The van der Waals surface area contributed by atoms with Crippen molar-refractivity contribution in [2.45, 2.75) is 10.2 Å². The van der Waals surface area contributed by atoms with Crippen LogP contribution in [-0.2, 0) is 5.33 Å². The molecule has 0 N–H and O–H groups in total. The molecule has 0 bridgehead atoms. The Hall–Kier alpha value is 0.490. The van der Waals surface area contributed by atoms with E-state index in [1.807, 2.05) is 0 Å². The second-order valence-electron chi connectivity index (χ2n) is 2.85. The lowest BCUT2D eigenvalue weighted by atomic mass is 10.2. The molecule has 0 radical (unpaired) electrons. The molecule has 4 heteroatoms. The predicted molar refractivity (Wildman–Crippen MR) is 73.9 cm³/mol. The van der Waals surface area contributed by atoms with Crippen LogP contribution in [0.25, 0.3) is 10.1 Å². The summed E-state index contributed by atoms with van der Waals surface area (Å²) in [4.78, 5) is 1.35. The lowest BCUT2D eigenvalue weighted by molar-refractivity contribution is 1.35. The third-order valence-corrected chi connectivity index (χ3v) is 5.54. The Morgan fingerprint density at radius 1 is 1.50 bits per heavy atom. The Labute approximate surface area is 108 Å². The number of fused-ring (bicyclic) bond motifs is 1. The maximum absolute atomic E-state index is 3.66. The summed E-state index contributed by atoms with van der Waals surface area (Å²) in [5, 5.41) is 4.41. The smallest absolute Gasteiger partial charge is 0.0358 e. The molecule has 0 saturated carbocycles. The van der Waals surface area contributed by atoms with Crippen LogP contribution in [0.3, 0.4) is 0 Å². The van der Waals surface area contributed by atoms with Crippen LogP contribution in [0.1, 0.15) is 5.56 Å². The van der Waals surface area contributed by atoms with Crippen molar-refractivity contribution >= 4 is 65.0 Å². The van der Waals surface area contributed by atoms with Gasteiger partial charge in [-0.25, -0.2) is 0 Å². The van der Waals surface area contributed by atoms with Crippen LogP contribution >= 0.6 is 55.0 Å². The van der Waals surface area contributed by atoms with Gasteiger partial charge < -0.3 is 0 Å². The fourth-order valence-electron chi connectivity index (χ4n) is 1.40. The Balaban J connectivity index is 2.80. The largest absolute Gasteiger partial charge is 0.144 e. The highest BCUT2D eigenvalue weighted by Gasteiger charge is 2.10. The van der Waals surface area contributed by atoms with E-state index >= 15 is 0 Å². The monoisotopic (exact) mass is 350 g/mol. The van der Waals surface area contributed by atoms with Crippen molar-refractivity contribution in [1.29, 1.82) is 0 Å². The van der Waals surface area contributed by atoms with Gasteiger partial charge in [-0.3, -0.25) is 0 Å². The number of benzene rings is 1. The van der Waals surface area contributed by atoms with Crippen molar-refractivity contribution in [3.8, 4) is 0 Å². The molecule has 14 heavy (non-hydrogen) atoms. The van der Waals surface area contributed by atoms with Crippen LogP contribution in [0.4, 0.5) is 0 Å². The van der Waals surface area contributed by atoms with Crippen LogP contribution in [-0.4, -0.2) is 6.26 Å². The summed E-state index contributed by atoms with van der Waals surface area (Å²) in [5.74, 6) is 0. The van der Waals surface area contributed by atoms with Crippen molar-refractivity contribution < 1.29 is 0 Å². The number of hydrogen-bond donors (Lipinski definition) is 0. The first-order valence-corrected chi connectivity index (χ1v) is 8.08. The zero-order valence-corrected chi connectivity index (χ0v) is 12.3. The quantitative estimate of drug-likeness (QED) is 0.523. The van der Waals surface area contributed by atoms with Gasteiger partial charge in [0.25, 0.3) is 0 Å². The fourth-order valence-corrected chi connectivity index (χ4v) is 4.81. The maximum atomic E-state index is 3.66. The average molecular weight is 352 g/mol. The molecule has 2 aromatic rings. The fraction of sp³-hybridized carbons (Fsp3) is 0.200. The van der Waals surface area contributed by atoms with Gasteiger partial charge in [0.1, 0.15) is 0 Å². The van der Waals surface area contributed by atoms with Gasteiger partial charge in [0.2, 0.25) is 0 Å². The van der Waals surface area contributed by atoms with E-state index in [2.05, 4.69) is 55.6 Å². The molecule has 0 amide bonds. The predicted octanol–water partition coefficient (Wildman–Crippen LogP) is 5.28. The number of alkyl halides is 1. The van der Waals surface area contributed by atoms with Crippen molar-refractivity contribution in [3.05, 3.63) is 27.5 Å². The molecule has 2 rings (SSSR count). The summed E-state index contributed by atoms with van der Waals surface area (Å²) in [6, 6.07) is 4.44. The van der Waals surface area contributed by atoms with Crippen molar-refractivity contribution in [3.63, 3.8) is 0 Å². The first-order chi connectivity index (χ1) is 6.77. The molecular weight excluding hydrogens is 344 g/mol. The number of rotatable bonds is 2. The second-order valence-corrected chi connectivity index (χ2v) is 5.97. The summed E-state index contributed by atoms with van der Waals surface area (Å²) in [7, 11) is 0. The summed E-state index contributed by atoms with van der Waals surface area (Å²) in [6.45, 7) is 0. The highest BCUT2D eigenvalue weighted by Crippen LogP contribution is 2.39. The highest BCUT2D eigenvalue weighted by atomic mass is 79.9. The van der Waals surface area contributed by atoms with Gasteiger partial charge in [-0.05, 0) is 45.3 Å². The normalized spacial score (nSPS) is 11.1. The van der Waals surface area contributed by atoms with Crippen LogP contribution in [0.2, 0.25) is 0 Å². The molecule has 0 fully saturated rings. The molecule has 74 valence electrons. The van der Waals surface area contributed by atoms with E-state index in [1.54, 1.807) is 23.1 Å². The van der Waals surface area contributed by atoms with E-state index < -0.39 is 0 Å². The minimum atomic E-state index is 0.898. The number of halogens is 2. The van der Waals surface area contributed by atoms with Gasteiger partial charge in [0.05, 0.1) is 0 Å². The lowest BCUT2D eigenvalue weighted by Gasteiger charge is -2.07. The highest BCUT2D eigenvalue weighted by molar-refractivity contribution is 9.10. The average Bonchev–Trinajstić information content (AvgIpc) is 2.64. The third kappa shape index (κ3) is 1.77. The Bertz CT molecular complexity index is 462. The van der Waals surface area contributed by atoms with Gasteiger partial charge in [-0.2, -0.15) is 0 Å². The van der Waals surface area contributed by atoms with Crippen LogP contribution < -0.4 is 0 Å². The summed E-state index contributed by atoms with van der Waals surface area (Å²) < 4.78 is 2.60. The lowest BCUT2D eigenvalue weighted by Crippen LogP contribution is -1.84. The van der Waals surface area contributed by atoms with Crippen LogP contribution in [0.5, 0.6) is 0 Å². The van der Waals surface area contributed by atoms with E-state index in [9.17, 15) is 0 Å². The molecule has 0 aliphatic rings. The standard InChI is InChI=1S/C10H8Br2S2/c1-13-10-7-2-3-14-8(7)4-6(5-11)9(10)12/h2-4H,5H2,1H3. The van der Waals surface area contributed by atoms with Crippen LogP contribution in [0.15, 0.2) is 26.9 Å². The Morgan fingerprint density at radius 2 is 2.29 bits per heavy atom. The zero-order valence-electron chi connectivity index (χ0n) is 7.51. The van der Waals surface area contributed by atoms with Crippen molar-refractivity contribution in [1.82, 2.24) is 0 Å². The maximum Gasteiger partial charge on any atom is 0.0358 e. The molecule has 0 atom stereocenters. The summed E-state index contributed by atoms with van der Waals surface area (Å²) in [6.07, 6.45) is 2.12. The summed E-state index contributed by atoms with van der Waals surface area (Å²) in [5.41, 5.74) is 1.32. The molecular formula is C10H8Br2S2. The summed E-state index contributed by atoms with van der Waals surface area (Å²) >= 11 is 10.8. The van der Waals surface area contributed by atoms with E-state index in [-0.39, 0.29) is 0 Å². The van der Waals surface area contributed by atoms with Gasteiger partial charge in [-0.15, -0.1) is 23.1 Å². The van der Waals surface area contributed by atoms with Gasteiger partial charge in [0.15, 0.2) is 0 Å². The molecule has 0 spiro atoms. The van der Waals surface area contributed by atoms with Crippen molar-refractivity contribution in [2.75, 3.05) is 6.26 Å². The minimum Gasteiger partial charge on any atom is -0.144 e. The Kier molecular flexibility index (Phi) is 3.58.